The summed E-state index contributed by atoms with van der Waals surface area (Å²) in [4.78, 5) is 16.3. The normalized spacial score (nSPS) is 23.6. The van der Waals surface area contributed by atoms with E-state index in [0.29, 0.717) is 40.9 Å². The van der Waals surface area contributed by atoms with Gasteiger partial charge in [-0.1, -0.05) is 18.1 Å². The highest BCUT2D eigenvalue weighted by molar-refractivity contribution is 5.74. The predicted octanol–water partition coefficient (Wildman–Crippen LogP) is 3.16. The van der Waals surface area contributed by atoms with Gasteiger partial charge in [0.05, 0.1) is 11.4 Å². The van der Waals surface area contributed by atoms with Crippen LogP contribution >= 0.6 is 0 Å². The lowest BCUT2D eigenvalue weighted by molar-refractivity contribution is 0.155. The number of nitrogens with zero attached hydrogens (tertiary/aromatic N) is 7. The van der Waals surface area contributed by atoms with Crippen LogP contribution in [-0.4, -0.2) is 75.5 Å². The van der Waals surface area contributed by atoms with Crippen LogP contribution in [0.1, 0.15) is 37.9 Å². The number of para-hydroxylation sites is 1. The van der Waals surface area contributed by atoms with E-state index in [2.05, 4.69) is 48.8 Å². The number of anilines is 3. The Hall–Kier alpha value is -3.90. The minimum Gasteiger partial charge on any atom is -0.507 e. The van der Waals surface area contributed by atoms with Crippen LogP contribution in [0, 0.1) is 17.8 Å². The Morgan fingerprint density at radius 1 is 0.974 bits per heavy atom. The summed E-state index contributed by atoms with van der Waals surface area (Å²) in [5.41, 5.74) is 8.32. The summed E-state index contributed by atoms with van der Waals surface area (Å²) in [7, 11) is 2.26. The molecule has 0 aliphatic carbocycles. The van der Waals surface area contributed by atoms with Crippen molar-refractivity contribution < 1.29 is 5.11 Å². The minimum atomic E-state index is 0.172. The predicted molar refractivity (Wildman–Crippen MR) is 149 cm³/mol. The molecule has 0 spiro atoms. The molecule has 38 heavy (non-hydrogen) atoms. The number of fused-ring (bicyclic) bond motifs is 2. The van der Waals surface area contributed by atoms with E-state index in [-0.39, 0.29) is 5.75 Å². The average molecular weight is 511 g/mol. The first-order valence-corrected chi connectivity index (χ1v) is 13.5. The molecule has 5 heterocycles. The van der Waals surface area contributed by atoms with Crippen LogP contribution in [0.2, 0.25) is 0 Å². The Morgan fingerprint density at radius 3 is 2.55 bits per heavy atom. The number of phenolic OH excluding ortho intramolecular Hbond substituents is 1. The van der Waals surface area contributed by atoms with Crippen LogP contribution in [-0.2, 0) is 0 Å². The number of piperidine rings is 1. The molecule has 2 bridgehead atoms. The average Bonchev–Trinajstić information content (AvgIpc) is 3.13. The summed E-state index contributed by atoms with van der Waals surface area (Å²) in [5, 5.41) is 18.7. The topological polar surface area (TPSA) is 108 Å². The molecule has 3 aromatic rings. The fourth-order valence-corrected chi connectivity index (χ4v) is 6.14. The van der Waals surface area contributed by atoms with E-state index < -0.39 is 0 Å². The van der Waals surface area contributed by atoms with Crippen LogP contribution < -0.4 is 15.5 Å². The fraction of sp³-hybridized carbons (Fsp3) is 0.448. The summed E-state index contributed by atoms with van der Waals surface area (Å²) in [6, 6.07) is 12.4. The van der Waals surface area contributed by atoms with E-state index in [1.54, 1.807) is 12.1 Å². The van der Waals surface area contributed by atoms with Crippen molar-refractivity contribution in [3.63, 3.8) is 0 Å². The van der Waals surface area contributed by atoms with E-state index in [1.165, 1.54) is 12.8 Å². The van der Waals surface area contributed by atoms with Gasteiger partial charge in [-0.25, -0.2) is 9.97 Å². The van der Waals surface area contributed by atoms with Gasteiger partial charge in [-0.3, -0.25) is 0 Å². The number of rotatable bonds is 3. The number of nitrogen functional groups attached to an aromatic ring is 1. The second-order valence-electron chi connectivity index (χ2n) is 10.6. The maximum atomic E-state index is 10.3. The van der Waals surface area contributed by atoms with Crippen LogP contribution in [0.4, 0.5) is 17.3 Å². The second-order valence-corrected chi connectivity index (χ2v) is 10.6. The molecule has 3 aliphatic rings. The molecular formula is C29H34N8O. The van der Waals surface area contributed by atoms with Gasteiger partial charge in [0.25, 0.3) is 0 Å². The summed E-state index contributed by atoms with van der Waals surface area (Å²) in [6.45, 7) is 3.27. The lowest BCUT2D eigenvalue weighted by atomic mass is 9.92. The smallest absolute Gasteiger partial charge is 0.206 e. The zero-order valence-electron chi connectivity index (χ0n) is 21.8. The van der Waals surface area contributed by atoms with Crippen LogP contribution in [0.15, 0.2) is 42.6 Å². The molecule has 2 unspecified atom stereocenters. The molecule has 9 nitrogen and oxygen atoms in total. The van der Waals surface area contributed by atoms with Crippen molar-refractivity contribution in [3.05, 3.63) is 48.4 Å². The number of benzene rings is 1. The number of nitrogens with two attached hydrogens (primary N) is 1. The van der Waals surface area contributed by atoms with E-state index in [4.69, 9.17) is 10.7 Å². The third kappa shape index (κ3) is 4.96. The number of aromatic hydroxyl groups is 1. The first-order valence-electron chi connectivity index (χ1n) is 13.5. The van der Waals surface area contributed by atoms with Gasteiger partial charge in [-0.15, -0.1) is 10.2 Å². The maximum absolute atomic E-state index is 10.3. The highest BCUT2D eigenvalue weighted by atomic mass is 16.3. The Balaban J connectivity index is 1.15. The number of hydrogen-bond donors (Lipinski definition) is 2. The zero-order valence-corrected chi connectivity index (χ0v) is 21.8. The van der Waals surface area contributed by atoms with Gasteiger partial charge in [0.15, 0.2) is 5.82 Å². The third-order valence-electron chi connectivity index (χ3n) is 8.27. The number of phenols is 1. The minimum absolute atomic E-state index is 0.172. The Morgan fingerprint density at radius 2 is 1.74 bits per heavy atom. The lowest BCUT2D eigenvalue weighted by Crippen LogP contribution is -2.39. The van der Waals surface area contributed by atoms with Crippen molar-refractivity contribution in [2.45, 2.75) is 44.2 Å². The Kier molecular flexibility index (Phi) is 6.73. The SMILES string of the molecule is CN1C2CCC1CC(C#Cc1nccc(N3CCCN(c4cc(-c5ccccc5O)nnc4N)CC3)n1)C2. The molecule has 3 saturated heterocycles. The third-order valence-corrected chi connectivity index (χ3v) is 8.27. The number of aromatic nitrogens is 4. The Labute approximate surface area is 223 Å². The standard InChI is InChI=1S/C29H34N8O/c1-35-21-8-9-22(35)18-20(17-21)7-10-27-31-12-11-28(32-27)37-14-4-13-36(15-16-37)25-19-24(33-34-29(25)30)23-5-2-3-6-26(23)38/h2-3,5-6,11-12,19-22,38H,4,8-9,13-18H2,1H3,(H2,30,34). The van der Waals surface area contributed by atoms with Crippen molar-refractivity contribution in [2.24, 2.45) is 5.92 Å². The molecular weight excluding hydrogens is 476 g/mol. The maximum Gasteiger partial charge on any atom is 0.206 e. The van der Waals surface area contributed by atoms with Crippen molar-refractivity contribution in [2.75, 3.05) is 48.8 Å². The summed E-state index contributed by atoms with van der Waals surface area (Å²) in [5.74, 6) is 9.27. The van der Waals surface area contributed by atoms with E-state index in [1.807, 2.05) is 30.5 Å². The molecule has 0 amide bonds. The highest BCUT2D eigenvalue weighted by Gasteiger charge is 2.37. The van der Waals surface area contributed by atoms with Crippen molar-refractivity contribution in [1.82, 2.24) is 25.1 Å². The fourth-order valence-electron chi connectivity index (χ4n) is 6.14. The molecule has 0 saturated carbocycles. The van der Waals surface area contributed by atoms with E-state index >= 15 is 0 Å². The van der Waals surface area contributed by atoms with Gasteiger partial charge < -0.3 is 25.5 Å². The quantitative estimate of drug-likeness (QED) is 0.514. The largest absolute Gasteiger partial charge is 0.507 e. The van der Waals surface area contributed by atoms with Gasteiger partial charge in [-0.05, 0) is 69.3 Å². The Bertz CT molecular complexity index is 1350. The molecule has 3 aliphatic heterocycles. The van der Waals surface area contributed by atoms with Crippen molar-refractivity contribution in [1.29, 1.82) is 0 Å². The second kappa shape index (κ2) is 10.5. The van der Waals surface area contributed by atoms with Crippen molar-refractivity contribution >= 4 is 17.3 Å². The van der Waals surface area contributed by atoms with Gasteiger partial charge >= 0.3 is 0 Å². The molecule has 9 heteroatoms. The molecule has 6 rings (SSSR count). The van der Waals surface area contributed by atoms with Gasteiger partial charge in [0.1, 0.15) is 11.6 Å². The lowest BCUT2D eigenvalue weighted by Gasteiger charge is -2.34. The van der Waals surface area contributed by atoms with E-state index in [9.17, 15) is 5.11 Å². The number of hydrogen-bond acceptors (Lipinski definition) is 9. The molecule has 2 atom stereocenters. The van der Waals surface area contributed by atoms with Gasteiger partial charge in [0, 0.05) is 55.9 Å². The molecule has 0 radical (unpaired) electrons. The molecule has 2 aromatic heterocycles. The molecule has 196 valence electrons. The monoisotopic (exact) mass is 510 g/mol. The first-order chi connectivity index (χ1) is 18.5. The summed E-state index contributed by atoms with van der Waals surface area (Å²) >= 11 is 0. The molecule has 3 fully saturated rings. The molecule has 3 N–H and O–H groups in total. The van der Waals surface area contributed by atoms with Crippen LogP contribution in [0.25, 0.3) is 11.3 Å². The van der Waals surface area contributed by atoms with Gasteiger partial charge in [-0.2, -0.15) is 0 Å². The van der Waals surface area contributed by atoms with Crippen LogP contribution in [0.5, 0.6) is 5.75 Å². The summed E-state index contributed by atoms with van der Waals surface area (Å²) < 4.78 is 0. The van der Waals surface area contributed by atoms with E-state index in [0.717, 1.165) is 56.9 Å². The zero-order chi connectivity index (χ0) is 26.1. The van der Waals surface area contributed by atoms with Gasteiger partial charge in [0.2, 0.25) is 5.82 Å². The van der Waals surface area contributed by atoms with Crippen molar-refractivity contribution in [3.8, 4) is 28.8 Å². The first kappa shape index (κ1) is 24.4. The molecule has 1 aromatic carbocycles. The van der Waals surface area contributed by atoms with Crippen LogP contribution in [0.3, 0.4) is 0 Å². The summed E-state index contributed by atoms with van der Waals surface area (Å²) in [6.07, 6.45) is 7.66. The highest BCUT2D eigenvalue weighted by Crippen LogP contribution is 2.37.